The van der Waals surface area contributed by atoms with E-state index < -0.39 is 29.8 Å². The first-order valence-corrected chi connectivity index (χ1v) is 9.64. The highest BCUT2D eigenvalue weighted by Crippen LogP contribution is 2.27. The number of carbonyl (C=O) groups excluding carboxylic acids is 4. The second-order valence-corrected chi connectivity index (χ2v) is 7.47. The van der Waals surface area contributed by atoms with Crippen LogP contribution in [0.15, 0.2) is 48.5 Å². The third-order valence-electron chi connectivity index (χ3n) is 4.86. The van der Waals surface area contributed by atoms with Crippen molar-refractivity contribution >= 4 is 23.8 Å². The van der Waals surface area contributed by atoms with Gasteiger partial charge in [-0.05, 0) is 42.2 Å². The summed E-state index contributed by atoms with van der Waals surface area (Å²) in [5, 5.41) is 0. The Morgan fingerprint density at radius 2 is 1.50 bits per heavy atom. The van der Waals surface area contributed by atoms with Gasteiger partial charge >= 0.3 is 11.9 Å². The second-order valence-electron chi connectivity index (χ2n) is 7.47. The van der Waals surface area contributed by atoms with Crippen LogP contribution in [0.2, 0.25) is 0 Å². The molecule has 1 aliphatic heterocycles. The first kappa shape index (κ1) is 21.2. The summed E-state index contributed by atoms with van der Waals surface area (Å²) in [6.07, 6.45) is 0.297. The molecule has 0 bridgehead atoms. The van der Waals surface area contributed by atoms with Gasteiger partial charge in [0.1, 0.15) is 12.6 Å². The number of imide groups is 1. The van der Waals surface area contributed by atoms with Gasteiger partial charge in [0.05, 0.1) is 23.8 Å². The fraction of sp³-hybridized carbons (Fsp3) is 0.304. The van der Waals surface area contributed by atoms with Gasteiger partial charge < -0.3 is 9.47 Å². The molecule has 7 heteroatoms. The molecule has 156 valence electrons. The number of benzene rings is 2. The maximum atomic E-state index is 12.9. The van der Waals surface area contributed by atoms with E-state index in [0.29, 0.717) is 28.7 Å². The first-order chi connectivity index (χ1) is 14.3. The average Bonchev–Trinajstić information content (AvgIpc) is 3.00. The van der Waals surface area contributed by atoms with Crippen LogP contribution in [0.5, 0.6) is 0 Å². The standard InChI is InChI=1S/C23H23NO6/c1-14(2)12-19(24-20(25)17-6-4-5-7-18(17)21(24)26)23(28)30-13-15-8-10-16(11-9-15)22(27)29-3/h4-11,14,19H,12-13H2,1-3H3/t19-/m0/s1. The zero-order chi connectivity index (χ0) is 21.8. The lowest BCUT2D eigenvalue weighted by molar-refractivity contribution is -0.150. The summed E-state index contributed by atoms with van der Waals surface area (Å²) in [5.41, 5.74) is 1.64. The molecule has 7 nitrogen and oxygen atoms in total. The van der Waals surface area contributed by atoms with Crippen LogP contribution in [-0.4, -0.2) is 41.8 Å². The van der Waals surface area contributed by atoms with Crippen LogP contribution in [0, 0.1) is 5.92 Å². The highest BCUT2D eigenvalue weighted by atomic mass is 16.5. The molecular weight excluding hydrogens is 386 g/mol. The number of rotatable bonds is 7. The van der Waals surface area contributed by atoms with Crippen molar-refractivity contribution in [2.75, 3.05) is 7.11 Å². The van der Waals surface area contributed by atoms with Gasteiger partial charge in [0, 0.05) is 0 Å². The van der Waals surface area contributed by atoms with Crippen LogP contribution in [0.1, 0.15) is 56.9 Å². The zero-order valence-electron chi connectivity index (χ0n) is 17.1. The van der Waals surface area contributed by atoms with Gasteiger partial charge in [-0.1, -0.05) is 38.1 Å². The third kappa shape index (κ3) is 4.25. The van der Waals surface area contributed by atoms with Gasteiger partial charge in [0.25, 0.3) is 11.8 Å². The number of fused-ring (bicyclic) bond motifs is 1. The highest BCUT2D eigenvalue weighted by Gasteiger charge is 2.43. The molecule has 3 rings (SSSR count). The Morgan fingerprint density at radius 3 is 2.00 bits per heavy atom. The predicted octanol–water partition coefficient (Wildman–Crippen LogP) is 3.23. The molecule has 0 N–H and O–H groups in total. The minimum Gasteiger partial charge on any atom is -0.465 e. The van der Waals surface area contributed by atoms with Gasteiger partial charge in [0.15, 0.2) is 0 Å². The fourth-order valence-corrected chi connectivity index (χ4v) is 3.35. The summed E-state index contributed by atoms with van der Waals surface area (Å²) in [6, 6.07) is 12.0. The number of hydrogen-bond acceptors (Lipinski definition) is 6. The number of nitrogens with zero attached hydrogens (tertiary/aromatic N) is 1. The van der Waals surface area contributed by atoms with Gasteiger partial charge in [-0.2, -0.15) is 0 Å². The number of methoxy groups -OCH3 is 1. The van der Waals surface area contributed by atoms with Crippen molar-refractivity contribution in [2.24, 2.45) is 5.92 Å². The smallest absolute Gasteiger partial charge is 0.337 e. The Balaban J connectivity index is 1.75. The largest absolute Gasteiger partial charge is 0.465 e. The summed E-state index contributed by atoms with van der Waals surface area (Å²) in [6.45, 7) is 3.77. The Bertz CT molecular complexity index is 944. The van der Waals surface area contributed by atoms with Gasteiger partial charge in [-0.15, -0.1) is 0 Å². The number of amides is 2. The summed E-state index contributed by atoms with van der Waals surface area (Å²) in [7, 11) is 1.30. The number of carbonyl (C=O) groups is 4. The molecule has 2 aromatic rings. The molecule has 1 aliphatic rings. The molecule has 0 aromatic heterocycles. The lowest BCUT2D eigenvalue weighted by Gasteiger charge is -2.26. The van der Waals surface area contributed by atoms with Crippen molar-refractivity contribution in [2.45, 2.75) is 32.9 Å². The van der Waals surface area contributed by atoms with Crippen LogP contribution >= 0.6 is 0 Å². The lowest BCUT2D eigenvalue weighted by Crippen LogP contribution is -2.46. The Kier molecular flexibility index (Phi) is 6.30. The van der Waals surface area contributed by atoms with Crippen molar-refractivity contribution in [3.8, 4) is 0 Å². The molecule has 0 fully saturated rings. The van der Waals surface area contributed by atoms with E-state index in [9.17, 15) is 19.2 Å². The lowest BCUT2D eigenvalue weighted by atomic mass is 10.0. The van der Waals surface area contributed by atoms with E-state index in [1.54, 1.807) is 48.5 Å². The van der Waals surface area contributed by atoms with Crippen molar-refractivity contribution in [3.63, 3.8) is 0 Å². The fourth-order valence-electron chi connectivity index (χ4n) is 3.35. The molecule has 2 amide bonds. The molecular formula is C23H23NO6. The molecule has 1 atom stereocenters. The van der Waals surface area contributed by atoms with Crippen LogP contribution in [0.4, 0.5) is 0 Å². The van der Waals surface area contributed by atoms with Gasteiger partial charge in [-0.3, -0.25) is 14.5 Å². The van der Waals surface area contributed by atoms with E-state index in [1.807, 2.05) is 13.8 Å². The molecule has 2 aromatic carbocycles. The Morgan fingerprint density at radius 1 is 0.933 bits per heavy atom. The molecule has 0 radical (unpaired) electrons. The summed E-state index contributed by atoms with van der Waals surface area (Å²) >= 11 is 0. The summed E-state index contributed by atoms with van der Waals surface area (Å²) < 4.78 is 10.1. The van der Waals surface area contributed by atoms with Crippen LogP contribution < -0.4 is 0 Å². The Hall–Kier alpha value is -3.48. The number of ether oxygens (including phenoxy) is 2. The van der Waals surface area contributed by atoms with E-state index in [2.05, 4.69) is 4.74 Å². The molecule has 0 spiro atoms. The average molecular weight is 409 g/mol. The topological polar surface area (TPSA) is 90.0 Å². The normalized spacial score (nSPS) is 13.9. The first-order valence-electron chi connectivity index (χ1n) is 9.64. The second kappa shape index (κ2) is 8.90. The van der Waals surface area contributed by atoms with Gasteiger partial charge in [0.2, 0.25) is 0 Å². The quantitative estimate of drug-likeness (QED) is 0.515. The minimum absolute atomic E-state index is 0.0436. The van der Waals surface area contributed by atoms with Crippen molar-refractivity contribution < 1.29 is 28.7 Å². The van der Waals surface area contributed by atoms with E-state index in [0.717, 1.165) is 4.90 Å². The van der Waals surface area contributed by atoms with Crippen LogP contribution in [0.3, 0.4) is 0 Å². The maximum absolute atomic E-state index is 12.9. The summed E-state index contributed by atoms with van der Waals surface area (Å²) in [5.74, 6) is -2.01. The van der Waals surface area contributed by atoms with Crippen molar-refractivity contribution in [1.82, 2.24) is 4.90 Å². The monoisotopic (exact) mass is 409 g/mol. The predicted molar refractivity (Wildman–Crippen MR) is 108 cm³/mol. The van der Waals surface area contributed by atoms with Gasteiger partial charge in [-0.25, -0.2) is 9.59 Å². The zero-order valence-corrected chi connectivity index (χ0v) is 17.1. The molecule has 30 heavy (non-hydrogen) atoms. The van der Waals surface area contributed by atoms with Crippen LogP contribution in [-0.2, 0) is 20.9 Å². The SMILES string of the molecule is COC(=O)c1ccc(COC(=O)[C@H](CC(C)C)N2C(=O)c3ccccc3C2=O)cc1. The van der Waals surface area contributed by atoms with E-state index in [-0.39, 0.29) is 12.5 Å². The van der Waals surface area contributed by atoms with Crippen LogP contribution in [0.25, 0.3) is 0 Å². The molecule has 0 unspecified atom stereocenters. The highest BCUT2D eigenvalue weighted by molar-refractivity contribution is 6.22. The maximum Gasteiger partial charge on any atom is 0.337 e. The molecule has 0 saturated heterocycles. The molecule has 0 aliphatic carbocycles. The van der Waals surface area contributed by atoms with E-state index >= 15 is 0 Å². The minimum atomic E-state index is -1.01. The van der Waals surface area contributed by atoms with E-state index in [4.69, 9.17) is 4.74 Å². The Labute approximate surface area is 174 Å². The molecule has 0 saturated carbocycles. The third-order valence-corrected chi connectivity index (χ3v) is 4.86. The summed E-state index contributed by atoms with van der Waals surface area (Å²) in [4.78, 5) is 51.0. The van der Waals surface area contributed by atoms with E-state index in [1.165, 1.54) is 7.11 Å². The number of hydrogen-bond donors (Lipinski definition) is 0. The van der Waals surface area contributed by atoms with Crippen molar-refractivity contribution in [1.29, 1.82) is 0 Å². The van der Waals surface area contributed by atoms with Crippen molar-refractivity contribution in [3.05, 3.63) is 70.8 Å². The molecule has 1 heterocycles. The number of esters is 2.